The third kappa shape index (κ3) is 4.74. The molecule has 1 saturated heterocycles. The van der Waals surface area contributed by atoms with Crippen molar-refractivity contribution in [2.45, 2.75) is 59.5 Å². The van der Waals surface area contributed by atoms with Crippen molar-refractivity contribution < 1.29 is 4.79 Å². The predicted octanol–water partition coefficient (Wildman–Crippen LogP) is 1.95. The Morgan fingerprint density at radius 3 is 2.15 bits per heavy atom. The van der Waals surface area contributed by atoms with Gasteiger partial charge in [0.2, 0.25) is 5.91 Å². The van der Waals surface area contributed by atoms with Crippen LogP contribution in [0.5, 0.6) is 0 Å². The molecule has 0 aromatic rings. The van der Waals surface area contributed by atoms with Crippen LogP contribution in [0.1, 0.15) is 47.5 Å². The Balaban J connectivity index is 2.82. The molecule has 0 aliphatic carbocycles. The smallest absolute Gasteiger partial charge is 0.219 e. The van der Waals surface area contributed by atoms with Crippen molar-refractivity contribution in [3.8, 4) is 0 Å². The van der Waals surface area contributed by atoms with Crippen molar-refractivity contribution in [3.05, 3.63) is 0 Å². The molecular formula is C16H33N3O. The number of amides is 1. The minimum atomic E-state index is 0.200. The molecule has 0 aromatic heterocycles. The van der Waals surface area contributed by atoms with Crippen LogP contribution in [0.3, 0.4) is 0 Å². The van der Waals surface area contributed by atoms with Crippen molar-refractivity contribution in [1.29, 1.82) is 0 Å². The second kappa shape index (κ2) is 8.63. The summed E-state index contributed by atoms with van der Waals surface area (Å²) >= 11 is 0. The maximum absolute atomic E-state index is 11.9. The van der Waals surface area contributed by atoms with Gasteiger partial charge in [0.25, 0.3) is 0 Å². The summed E-state index contributed by atoms with van der Waals surface area (Å²) in [6, 6.07) is 0.783. The van der Waals surface area contributed by atoms with Gasteiger partial charge in [-0.1, -0.05) is 26.7 Å². The lowest BCUT2D eigenvalue weighted by Crippen LogP contribution is -2.56. The summed E-state index contributed by atoms with van der Waals surface area (Å²) in [6.45, 7) is 15.7. The minimum absolute atomic E-state index is 0.200. The lowest BCUT2D eigenvalue weighted by Gasteiger charge is -2.42. The molecule has 1 aliphatic rings. The van der Waals surface area contributed by atoms with Crippen LogP contribution < -0.4 is 5.32 Å². The quantitative estimate of drug-likeness (QED) is 0.776. The van der Waals surface area contributed by atoms with E-state index in [9.17, 15) is 4.79 Å². The monoisotopic (exact) mass is 283 g/mol. The molecule has 1 amide bonds. The maximum Gasteiger partial charge on any atom is 0.219 e. The molecule has 4 nitrogen and oxygen atoms in total. The zero-order valence-corrected chi connectivity index (χ0v) is 14.0. The molecule has 1 aliphatic heterocycles. The normalized spacial score (nSPS) is 18.6. The van der Waals surface area contributed by atoms with Gasteiger partial charge in [-0.05, 0) is 19.8 Å². The van der Waals surface area contributed by atoms with E-state index in [4.69, 9.17) is 0 Å². The van der Waals surface area contributed by atoms with Crippen molar-refractivity contribution in [1.82, 2.24) is 15.1 Å². The fraction of sp³-hybridized carbons (Fsp3) is 0.938. The van der Waals surface area contributed by atoms with Crippen LogP contribution in [-0.2, 0) is 4.79 Å². The van der Waals surface area contributed by atoms with Crippen molar-refractivity contribution in [2.24, 2.45) is 5.92 Å². The molecule has 4 heteroatoms. The van der Waals surface area contributed by atoms with Crippen molar-refractivity contribution >= 4 is 5.91 Å². The third-order valence-electron chi connectivity index (χ3n) is 4.63. The molecule has 1 rings (SSSR count). The molecule has 118 valence electrons. The first kappa shape index (κ1) is 17.4. The fourth-order valence-electron chi connectivity index (χ4n) is 3.31. The average Bonchev–Trinajstić information content (AvgIpc) is 2.43. The molecule has 20 heavy (non-hydrogen) atoms. The van der Waals surface area contributed by atoms with Crippen LogP contribution in [0.4, 0.5) is 0 Å². The van der Waals surface area contributed by atoms with Crippen LogP contribution in [0.25, 0.3) is 0 Å². The second-order valence-corrected chi connectivity index (χ2v) is 6.20. The Bertz CT molecular complexity index is 283. The van der Waals surface area contributed by atoms with Crippen LogP contribution >= 0.6 is 0 Å². The Kier molecular flexibility index (Phi) is 7.52. The van der Waals surface area contributed by atoms with E-state index < -0.39 is 0 Å². The molecule has 1 unspecified atom stereocenters. The number of piperazine rings is 1. The highest BCUT2D eigenvalue weighted by molar-refractivity contribution is 5.73. The summed E-state index contributed by atoms with van der Waals surface area (Å²) in [6.07, 6.45) is 2.38. The maximum atomic E-state index is 11.9. The molecule has 0 bridgehead atoms. The lowest BCUT2D eigenvalue weighted by atomic mass is 9.91. The van der Waals surface area contributed by atoms with Gasteiger partial charge < -0.3 is 10.2 Å². The molecule has 1 heterocycles. The van der Waals surface area contributed by atoms with Gasteiger partial charge in [0, 0.05) is 51.7 Å². The van der Waals surface area contributed by atoms with Gasteiger partial charge in [-0.3, -0.25) is 9.69 Å². The Morgan fingerprint density at radius 1 is 1.20 bits per heavy atom. The highest BCUT2D eigenvalue weighted by atomic mass is 16.2. The van der Waals surface area contributed by atoms with Crippen LogP contribution in [0.15, 0.2) is 0 Å². The van der Waals surface area contributed by atoms with Crippen LogP contribution in [-0.4, -0.2) is 60.5 Å². The summed E-state index contributed by atoms with van der Waals surface area (Å²) in [5.41, 5.74) is 0. The fourth-order valence-corrected chi connectivity index (χ4v) is 3.31. The van der Waals surface area contributed by atoms with Gasteiger partial charge >= 0.3 is 0 Å². The number of rotatable bonds is 7. The Hall–Kier alpha value is -0.610. The number of nitrogens with one attached hydrogen (secondary N) is 1. The first-order valence-electron chi connectivity index (χ1n) is 8.23. The van der Waals surface area contributed by atoms with Gasteiger partial charge in [-0.25, -0.2) is 0 Å². The van der Waals surface area contributed by atoms with E-state index in [-0.39, 0.29) is 11.9 Å². The van der Waals surface area contributed by atoms with Crippen molar-refractivity contribution in [3.63, 3.8) is 0 Å². The SMILES string of the molecule is CCC(CC)C(CN(C(C)=O)C(C)C)N1CCNCC1. The summed E-state index contributed by atoms with van der Waals surface area (Å²) in [5, 5.41) is 3.42. The molecule has 0 aromatic carbocycles. The Morgan fingerprint density at radius 2 is 1.75 bits per heavy atom. The van der Waals surface area contributed by atoms with E-state index in [1.54, 1.807) is 6.92 Å². The molecule has 1 N–H and O–H groups in total. The largest absolute Gasteiger partial charge is 0.339 e. The molecule has 1 fully saturated rings. The molecular weight excluding hydrogens is 250 g/mol. The zero-order chi connectivity index (χ0) is 15.1. The minimum Gasteiger partial charge on any atom is -0.339 e. The second-order valence-electron chi connectivity index (χ2n) is 6.20. The number of hydrogen-bond donors (Lipinski definition) is 1. The van der Waals surface area contributed by atoms with E-state index >= 15 is 0 Å². The summed E-state index contributed by atoms with van der Waals surface area (Å²) in [5.74, 6) is 0.875. The summed E-state index contributed by atoms with van der Waals surface area (Å²) in [4.78, 5) is 16.5. The summed E-state index contributed by atoms with van der Waals surface area (Å²) < 4.78 is 0. The zero-order valence-electron chi connectivity index (χ0n) is 14.0. The van der Waals surface area contributed by atoms with Crippen molar-refractivity contribution in [2.75, 3.05) is 32.7 Å². The van der Waals surface area contributed by atoms with Crippen LogP contribution in [0.2, 0.25) is 0 Å². The average molecular weight is 283 g/mol. The molecule has 0 radical (unpaired) electrons. The van der Waals surface area contributed by atoms with E-state index in [0.29, 0.717) is 12.0 Å². The topological polar surface area (TPSA) is 35.6 Å². The molecule has 0 saturated carbocycles. The van der Waals surface area contributed by atoms with Gasteiger partial charge in [0.1, 0.15) is 0 Å². The van der Waals surface area contributed by atoms with Crippen LogP contribution in [0, 0.1) is 5.92 Å². The number of carbonyl (C=O) groups excluding carboxylic acids is 1. The lowest BCUT2D eigenvalue weighted by molar-refractivity contribution is -0.131. The molecule has 1 atom stereocenters. The number of carbonyl (C=O) groups is 1. The highest BCUT2D eigenvalue weighted by Gasteiger charge is 2.29. The number of hydrogen-bond acceptors (Lipinski definition) is 3. The number of nitrogens with zero attached hydrogens (tertiary/aromatic N) is 2. The van der Waals surface area contributed by atoms with E-state index in [2.05, 4.69) is 37.9 Å². The molecule has 0 spiro atoms. The van der Waals surface area contributed by atoms with Gasteiger partial charge in [-0.15, -0.1) is 0 Å². The first-order chi connectivity index (χ1) is 9.51. The first-order valence-corrected chi connectivity index (χ1v) is 8.23. The predicted molar refractivity (Wildman–Crippen MR) is 84.8 cm³/mol. The van der Waals surface area contributed by atoms with Gasteiger partial charge in [-0.2, -0.15) is 0 Å². The van der Waals surface area contributed by atoms with E-state index in [1.165, 1.54) is 12.8 Å². The standard InChI is InChI=1S/C16H33N3O/c1-6-15(7-2)16(18-10-8-17-9-11-18)12-19(13(3)4)14(5)20/h13,15-17H,6-12H2,1-5H3. The van der Waals surface area contributed by atoms with E-state index in [0.717, 1.165) is 32.7 Å². The van der Waals surface area contributed by atoms with E-state index in [1.807, 2.05) is 4.90 Å². The third-order valence-corrected chi connectivity index (χ3v) is 4.63. The Labute approximate surface area is 124 Å². The van der Waals surface area contributed by atoms with Gasteiger partial charge in [0.05, 0.1) is 0 Å². The highest BCUT2D eigenvalue weighted by Crippen LogP contribution is 2.21. The summed E-state index contributed by atoms with van der Waals surface area (Å²) in [7, 11) is 0. The van der Waals surface area contributed by atoms with Gasteiger partial charge in [0.15, 0.2) is 0 Å².